The lowest BCUT2D eigenvalue weighted by Gasteiger charge is -1.92. The first-order valence-corrected chi connectivity index (χ1v) is 3.38. The third kappa shape index (κ3) is 1.69. The van der Waals surface area contributed by atoms with Crippen LogP contribution in [0.3, 0.4) is 0 Å². The molecule has 1 heterocycles. The lowest BCUT2D eigenvalue weighted by molar-refractivity contribution is 1.20. The fourth-order valence-electron chi connectivity index (χ4n) is 0.864. The number of hydrogen-bond donors (Lipinski definition) is 0. The van der Waals surface area contributed by atoms with Gasteiger partial charge in [0.2, 0.25) is 0 Å². The van der Waals surface area contributed by atoms with Gasteiger partial charge in [-0.05, 0) is 31.5 Å². The van der Waals surface area contributed by atoms with Crippen LogP contribution < -0.4 is 0 Å². The van der Waals surface area contributed by atoms with Crippen molar-refractivity contribution in [3.05, 3.63) is 35.7 Å². The smallest absolute Gasteiger partial charge is 0.0378 e. The Hall–Kier alpha value is -1.11. The molecule has 1 nitrogen and oxygen atoms in total. The van der Waals surface area contributed by atoms with Crippen molar-refractivity contribution in [2.24, 2.45) is 0 Å². The third-order valence-electron chi connectivity index (χ3n) is 1.28. The molecule has 0 amide bonds. The van der Waals surface area contributed by atoms with Gasteiger partial charge in [-0.1, -0.05) is 12.2 Å². The molecule has 0 N–H and O–H groups in total. The van der Waals surface area contributed by atoms with Gasteiger partial charge in [-0.15, -0.1) is 0 Å². The van der Waals surface area contributed by atoms with E-state index in [4.69, 9.17) is 0 Å². The summed E-state index contributed by atoms with van der Waals surface area (Å²) < 4.78 is 0. The first-order valence-electron chi connectivity index (χ1n) is 3.38. The van der Waals surface area contributed by atoms with E-state index in [0.717, 1.165) is 5.69 Å². The minimum atomic E-state index is 1.07. The molecule has 0 aliphatic heterocycles. The Labute approximate surface area is 61.4 Å². The first-order chi connectivity index (χ1) is 4.83. The molecular formula is C9H11N. The van der Waals surface area contributed by atoms with Crippen molar-refractivity contribution in [2.75, 3.05) is 0 Å². The highest BCUT2D eigenvalue weighted by atomic mass is 14.6. The summed E-state index contributed by atoms with van der Waals surface area (Å²) in [5, 5.41) is 0. The average molecular weight is 133 g/mol. The molecule has 1 aromatic heterocycles. The molecule has 0 aliphatic rings. The second-order valence-corrected chi connectivity index (χ2v) is 2.23. The molecule has 1 aromatic rings. The van der Waals surface area contributed by atoms with E-state index in [-0.39, 0.29) is 0 Å². The van der Waals surface area contributed by atoms with Gasteiger partial charge in [0.15, 0.2) is 0 Å². The number of aromatic nitrogens is 1. The number of aryl methyl sites for hydroxylation is 1. The first kappa shape index (κ1) is 7.00. The van der Waals surface area contributed by atoms with E-state index in [1.54, 1.807) is 0 Å². The van der Waals surface area contributed by atoms with E-state index in [1.165, 1.54) is 5.56 Å². The van der Waals surface area contributed by atoms with Gasteiger partial charge in [0.25, 0.3) is 0 Å². The van der Waals surface area contributed by atoms with E-state index in [2.05, 4.69) is 17.1 Å². The Balaban J connectivity index is 2.95. The summed E-state index contributed by atoms with van der Waals surface area (Å²) in [5.41, 5.74) is 2.28. The quantitative estimate of drug-likeness (QED) is 0.573. The van der Waals surface area contributed by atoms with Crippen LogP contribution in [0, 0.1) is 6.92 Å². The van der Waals surface area contributed by atoms with Gasteiger partial charge in [0.1, 0.15) is 0 Å². The fourth-order valence-corrected chi connectivity index (χ4v) is 0.864. The van der Waals surface area contributed by atoms with Crippen molar-refractivity contribution in [3.8, 4) is 0 Å². The predicted octanol–water partition coefficient (Wildman–Crippen LogP) is 2.42. The lowest BCUT2D eigenvalue weighted by Crippen LogP contribution is -1.79. The van der Waals surface area contributed by atoms with Crippen LogP contribution in [-0.2, 0) is 0 Å². The van der Waals surface area contributed by atoms with Crippen LogP contribution in [0.25, 0.3) is 6.08 Å². The van der Waals surface area contributed by atoms with Crippen molar-refractivity contribution >= 4 is 6.08 Å². The number of nitrogens with zero attached hydrogens (tertiary/aromatic N) is 1. The van der Waals surface area contributed by atoms with Crippen LogP contribution in [0.5, 0.6) is 0 Å². The monoisotopic (exact) mass is 133 g/mol. The zero-order chi connectivity index (χ0) is 7.40. The number of hydrogen-bond acceptors (Lipinski definition) is 1. The van der Waals surface area contributed by atoms with E-state index in [1.807, 2.05) is 32.2 Å². The summed E-state index contributed by atoms with van der Waals surface area (Å²) in [5.74, 6) is 0. The second kappa shape index (κ2) is 3.16. The Kier molecular flexibility index (Phi) is 2.21. The molecule has 10 heavy (non-hydrogen) atoms. The Bertz CT molecular complexity index is 238. The zero-order valence-electron chi connectivity index (χ0n) is 6.33. The van der Waals surface area contributed by atoms with Crippen LogP contribution in [0.1, 0.15) is 18.2 Å². The fraction of sp³-hybridized carbons (Fsp3) is 0.222. The molecule has 0 saturated heterocycles. The van der Waals surface area contributed by atoms with Crippen LogP contribution in [0.2, 0.25) is 0 Å². The highest BCUT2D eigenvalue weighted by molar-refractivity contribution is 5.48. The van der Waals surface area contributed by atoms with E-state index >= 15 is 0 Å². The highest BCUT2D eigenvalue weighted by Crippen LogP contribution is 2.01. The minimum Gasteiger partial charge on any atom is -0.262 e. The Morgan fingerprint density at radius 2 is 2.30 bits per heavy atom. The third-order valence-corrected chi connectivity index (χ3v) is 1.28. The summed E-state index contributed by atoms with van der Waals surface area (Å²) >= 11 is 0. The molecule has 1 heteroatoms. The van der Waals surface area contributed by atoms with E-state index in [9.17, 15) is 0 Å². The molecule has 0 saturated carbocycles. The maximum Gasteiger partial charge on any atom is 0.0378 e. The standard InChI is InChI=1S/C9H11N/c1-3-4-9-5-6-10-8(2)7-9/h3-7H,1-2H3/b4-3-. The van der Waals surface area contributed by atoms with Crippen LogP contribution >= 0.6 is 0 Å². The van der Waals surface area contributed by atoms with Crippen LogP contribution in [-0.4, -0.2) is 4.98 Å². The molecule has 0 radical (unpaired) electrons. The normalized spacial score (nSPS) is 10.6. The van der Waals surface area contributed by atoms with Crippen LogP contribution in [0.4, 0.5) is 0 Å². The van der Waals surface area contributed by atoms with Crippen molar-refractivity contribution < 1.29 is 0 Å². The summed E-state index contributed by atoms with van der Waals surface area (Å²) in [7, 11) is 0. The van der Waals surface area contributed by atoms with E-state index in [0.29, 0.717) is 0 Å². The molecule has 52 valence electrons. The molecule has 0 bridgehead atoms. The maximum absolute atomic E-state index is 4.09. The average Bonchev–Trinajstić information content (AvgIpc) is 1.88. The second-order valence-electron chi connectivity index (χ2n) is 2.23. The predicted molar refractivity (Wildman–Crippen MR) is 43.7 cm³/mol. The molecule has 0 atom stereocenters. The van der Waals surface area contributed by atoms with Crippen molar-refractivity contribution in [2.45, 2.75) is 13.8 Å². The van der Waals surface area contributed by atoms with Gasteiger partial charge in [-0.2, -0.15) is 0 Å². The van der Waals surface area contributed by atoms with Gasteiger partial charge in [0.05, 0.1) is 0 Å². The van der Waals surface area contributed by atoms with Gasteiger partial charge in [0, 0.05) is 11.9 Å². The van der Waals surface area contributed by atoms with Gasteiger partial charge >= 0.3 is 0 Å². The topological polar surface area (TPSA) is 12.9 Å². The molecule has 0 unspecified atom stereocenters. The maximum atomic E-state index is 4.09. The summed E-state index contributed by atoms with van der Waals surface area (Å²) in [4.78, 5) is 4.09. The molecule has 0 fully saturated rings. The van der Waals surface area contributed by atoms with Gasteiger partial charge in [-0.25, -0.2) is 0 Å². The molecule has 0 aromatic carbocycles. The van der Waals surface area contributed by atoms with Gasteiger partial charge < -0.3 is 0 Å². The van der Waals surface area contributed by atoms with Gasteiger partial charge in [-0.3, -0.25) is 4.98 Å². The summed E-state index contributed by atoms with van der Waals surface area (Å²) in [6.45, 7) is 4.00. The molecular weight excluding hydrogens is 122 g/mol. The Morgan fingerprint density at radius 1 is 1.50 bits per heavy atom. The van der Waals surface area contributed by atoms with Crippen molar-refractivity contribution in [3.63, 3.8) is 0 Å². The largest absolute Gasteiger partial charge is 0.262 e. The zero-order valence-corrected chi connectivity index (χ0v) is 6.33. The molecule has 0 aliphatic carbocycles. The molecule has 0 spiro atoms. The number of rotatable bonds is 1. The number of pyridine rings is 1. The summed E-state index contributed by atoms with van der Waals surface area (Å²) in [6, 6.07) is 4.05. The minimum absolute atomic E-state index is 1.07. The summed E-state index contributed by atoms with van der Waals surface area (Å²) in [6.07, 6.45) is 5.91. The SMILES string of the molecule is C/C=C\c1ccnc(C)c1. The lowest BCUT2D eigenvalue weighted by atomic mass is 10.2. The van der Waals surface area contributed by atoms with Crippen molar-refractivity contribution in [1.29, 1.82) is 0 Å². The number of allylic oxidation sites excluding steroid dienone is 1. The highest BCUT2D eigenvalue weighted by Gasteiger charge is 1.85. The van der Waals surface area contributed by atoms with Crippen LogP contribution in [0.15, 0.2) is 24.4 Å². The Morgan fingerprint density at radius 3 is 2.90 bits per heavy atom. The van der Waals surface area contributed by atoms with E-state index < -0.39 is 0 Å². The molecule has 1 rings (SSSR count). The van der Waals surface area contributed by atoms with Crippen molar-refractivity contribution in [1.82, 2.24) is 4.98 Å².